The molecule has 0 spiro atoms. The van der Waals surface area contributed by atoms with Crippen molar-refractivity contribution in [1.82, 2.24) is 20.2 Å². The fourth-order valence-electron chi connectivity index (χ4n) is 2.67. The van der Waals surface area contributed by atoms with Gasteiger partial charge in [0.2, 0.25) is 0 Å². The van der Waals surface area contributed by atoms with Crippen LogP contribution in [0.25, 0.3) is 11.3 Å². The summed E-state index contributed by atoms with van der Waals surface area (Å²) in [5.74, 6) is 1.07. The molecule has 3 rings (SSSR count). The molecule has 0 atom stereocenters. The lowest BCUT2D eigenvalue weighted by molar-refractivity contribution is 0.228. The van der Waals surface area contributed by atoms with Crippen molar-refractivity contribution in [3.8, 4) is 11.3 Å². The Bertz CT molecular complexity index is 565. The number of aryl methyl sites for hydroxylation is 2. The summed E-state index contributed by atoms with van der Waals surface area (Å²) in [5, 5.41) is 3.38. The molecule has 0 aliphatic carbocycles. The van der Waals surface area contributed by atoms with Crippen LogP contribution >= 0.6 is 0 Å². The molecule has 0 unspecified atom stereocenters. The van der Waals surface area contributed by atoms with Crippen LogP contribution in [0.5, 0.6) is 0 Å². The highest BCUT2D eigenvalue weighted by molar-refractivity contribution is 5.62. The van der Waals surface area contributed by atoms with Crippen LogP contribution in [0.3, 0.4) is 0 Å². The monoisotopic (exact) mass is 270 g/mol. The van der Waals surface area contributed by atoms with Gasteiger partial charge in [-0.3, -0.25) is 4.90 Å². The van der Waals surface area contributed by atoms with Crippen LogP contribution in [-0.4, -0.2) is 41.0 Å². The second kappa shape index (κ2) is 5.77. The van der Waals surface area contributed by atoms with Gasteiger partial charge in [-0.25, -0.2) is 4.98 Å². The molecule has 1 saturated heterocycles. The number of aromatic nitrogens is 2. The summed E-state index contributed by atoms with van der Waals surface area (Å²) in [6.45, 7) is 9.46. The van der Waals surface area contributed by atoms with E-state index in [-0.39, 0.29) is 0 Å². The van der Waals surface area contributed by atoms with Crippen LogP contribution in [0.1, 0.15) is 17.1 Å². The number of hydrogen-bond acceptors (Lipinski definition) is 3. The summed E-state index contributed by atoms with van der Waals surface area (Å²) in [6, 6.07) is 8.57. The average molecular weight is 270 g/mol. The molecule has 2 aromatic rings. The molecule has 1 fully saturated rings. The quantitative estimate of drug-likeness (QED) is 0.897. The Balaban J connectivity index is 1.78. The topological polar surface area (TPSA) is 44.0 Å². The van der Waals surface area contributed by atoms with Crippen LogP contribution < -0.4 is 5.32 Å². The maximum absolute atomic E-state index is 4.79. The van der Waals surface area contributed by atoms with Crippen molar-refractivity contribution in [2.24, 2.45) is 0 Å². The molecule has 1 aromatic heterocycles. The Morgan fingerprint density at radius 2 is 1.80 bits per heavy atom. The largest absolute Gasteiger partial charge is 0.344 e. The van der Waals surface area contributed by atoms with Crippen LogP contribution in [0.2, 0.25) is 0 Å². The Morgan fingerprint density at radius 1 is 1.10 bits per heavy atom. The predicted octanol–water partition coefficient (Wildman–Crippen LogP) is 2.10. The third-order valence-corrected chi connectivity index (χ3v) is 3.84. The van der Waals surface area contributed by atoms with E-state index >= 15 is 0 Å². The van der Waals surface area contributed by atoms with Gasteiger partial charge in [-0.05, 0) is 13.8 Å². The fraction of sp³-hybridized carbons (Fsp3) is 0.438. The lowest BCUT2D eigenvalue weighted by Gasteiger charge is -2.26. The molecule has 106 valence electrons. The zero-order valence-corrected chi connectivity index (χ0v) is 12.2. The highest BCUT2D eigenvalue weighted by Crippen LogP contribution is 2.22. The van der Waals surface area contributed by atoms with Crippen LogP contribution in [-0.2, 0) is 6.54 Å². The number of hydrogen-bond donors (Lipinski definition) is 2. The van der Waals surface area contributed by atoms with E-state index in [0.717, 1.165) is 49.9 Å². The van der Waals surface area contributed by atoms with E-state index in [1.54, 1.807) is 0 Å². The number of imidazole rings is 1. The van der Waals surface area contributed by atoms with E-state index in [9.17, 15) is 0 Å². The zero-order valence-electron chi connectivity index (χ0n) is 12.2. The van der Waals surface area contributed by atoms with Crippen molar-refractivity contribution in [2.75, 3.05) is 26.2 Å². The van der Waals surface area contributed by atoms with Crippen molar-refractivity contribution in [3.63, 3.8) is 0 Å². The minimum atomic E-state index is 0.911. The summed E-state index contributed by atoms with van der Waals surface area (Å²) >= 11 is 0. The van der Waals surface area contributed by atoms with Crippen molar-refractivity contribution in [2.45, 2.75) is 20.4 Å². The van der Waals surface area contributed by atoms with E-state index in [1.807, 2.05) is 0 Å². The van der Waals surface area contributed by atoms with E-state index in [4.69, 9.17) is 4.98 Å². The normalized spacial score (nSPS) is 16.5. The van der Waals surface area contributed by atoms with Crippen molar-refractivity contribution < 1.29 is 0 Å². The molecule has 20 heavy (non-hydrogen) atoms. The summed E-state index contributed by atoms with van der Waals surface area (Å²) < 4.78 is 0. The molecule has 4 heteroatoms. The van der Waals surface area contributed by atoms with E-state index < -0.39 is 0 Å². The highest BCUT2D eigenvalue weighted by Gasteiger charge is 2.14. The molecular formula is C16H22N4. The van der Waals surface area contributed by atoms with Gasteiger partial charge in [0.05, 0.1) is 12.2 Å². The lowest BCUT2D eigenvalue weighted by atomic mass is 10.1. The number of benzene rings is 1. The van der Waals surface area contributed by atoms with Gasteiger partial charge in [0.1, 0.15) is 5.82 Å². The molecule has 0 bridgehead atoms. The number of H-pyrrole nitrogens is 1. The Morgan fingerprint density at radius 3 is 2.50 bits per heavy atom. The molecular weight excluding hydrogens is 248 g/mol. The summed E-state index contributed by atoms with van der Waals surface area (Å²) in [4.78, 5) is 10.7. The first-order valence-corrected chi connectivity index (χ1v) is 7.28. The average Bonchev–Trinajstić information content (AvgIpc) is 2.81. The van der Waals surface area contributed by atoms with Gasteiger partial charge in [0.25, 0.3) is 0 Å². The van der Waals surface area contributed by atoms with Gasteiger partial charge in [0.15, 0.2) is 0 Å². The Hall–Kier alpha value is -1.65. The molecule has 0 saturated carbocycles. The SMILES string of the molecule is Cc1ccc(-c2nc(CN3CCNCC3)[nH]c2C)cc1. The summed E-state index contributed by atoms with van der Waals surface area (Å²) in [5.41, 5.74) is 4.70. The second-order valence-corrected chi connectivity index (χ2v) is 5.55. The molecule has 1 aliphatic heterocycles. The minimum absolute atomic E-state index is 0.911. The zero-order chi connectivity index (χ0) is 13.9. The van der Waals surface area contributed by atoms with Gasteiger partial charge < -0.3 is 10.3 Å². The highest BCUT2D eigenvalue weighted by atomic mass is 15.2. The molecule has 1 aliphatic rings. The molecule has 2 N–H and O–H groups in total. The molecule has 2 heterocycles. The minimum Gasteiger partial charge on any atom is -0.344 e. The van der Waals surface area contributed by atoms with Crippen molar-refractivity contribution >= 4 is 0 Å². The number of rotatable bonds is 3. The molecule has 0 amide bonds. The number of piperazine rings is 1. The van der Waals surface area contributed by atoms with Crippen LogP contribution in [0, 0.1) is 13.8 Å². The summed E-state index contributed by atoms with van der Waals surface area (Å²) in [6.07, 6.45) is 0. The first-order chi connectivity index (χ1) is 9.72. The fourth-order valence-corrected chi connectivity index (χ4v) is 2.67. The van der Waals surface area contributed by atoms with Gasteiger partial charge in [-0.1, -0.05) is 29.8 Å². The lowest BCUT2D eigenvalue weighted by Crippen LogP contribution is -2.43. The van der Waals surface area contributed by atoms with E-state index in [2.05, 4.69) is 53.3 Å². The smallest absolute Gasteiger partial charge is 0.121 e. The Labute approximate surface area is 120 Å². The first kappa shape index (κ1) is 13.3. The predicted molar refractivity (Wildman–Crippen MR) is 81.6 cm³/mol. The van der Waals surface area contributed by atoms with Crippen LogP contribution in [0.4, 0.5) is 0 Å². The van der Waals surface area contributed by atoms with Gasteiger partial charge in [-0.15, -0.1) is 0 Å². The number of nitrogens with zero attached hydrogens (tertiary/aromatic N) is 2. The maximum Gasteiger partial charge on any atom is 0.121 e. The molecule has 1 aromatic carbocycles. The second-order valence-electron chi connectivity index (χ2n) is 5.55. The standard InChI is InChI=1S/C16H22N4/c1-12-3-5-14(6-4-12)16-13(2)18-15(19-16)11-20-9-7-17-8-10-20/h3-6,17H,7-11H2,1-2H3,(H,18,19). The van der Waals surface area contributed by atoms with Crippen molar-refractivity contribution in [1.29, 1.82) is 0 Å². The summed E-state index contributed by atoms with van der Waals surface area (Å²) in [7, 11) is 0. The van der Waals surface area contributed by atoms with Gasteiger partial charge in [-0.2, -0.15) is 0 Å². The van der Waals surface area contributed by atoms with Gasteiger partial charge in [0, 0.05) is 37.4 Å². The van der Waals surface area contributed by atoms with Crippen molar-refractivity contribution in [3.05, 3.63) is 41.3 Å². The molecule has 0 radical (unpaired) electrons. The van der Waals surface area contributed by atoms with E-state index in [1.165, 1.54) is 11.1 Å². The third-order valence-electron chi connectivity index (χ3n) is 3.84. The Kier molecular flexibility index (Phi) is 3.85. The van der Waals surface area contributed by atoms with Gasteiger partial charge >= 0.3 is 0 Å². The van der Waals surface area contributed by atoms with Crippen LogP contribution in [0.15, 0.2) is 24.3 Å². The number of nitrogens with one attached hydrogen (secondary N) is 2. The third kappa shape index (κ3) is 2.92. The van der Waals surface area contributed by atoms with E-state index in [0.29, 0.717) is 0 Å². The maximum atomic E-state index is 4.79. The first-order valence-electron chi connectivity index (χ1n) is 7.28. The molecule has 4 nitrogen and oxygen atoms in total. The number of aromatic amines is 1.